The number of rotatable bonds is 3. The number of carbonyl (C=O) groups excluding carboxylic acids is 1. The largest absolute Gasteiger partial charge is 0.495 e. The zero-order valence-corrected chi connectivity index (χ0v) is 11.6. The first-order valence-electron chi connectivity index (χ1n) is 6.11. The summed E-state index contributed by atoms with van der Waals surface area (Å²) in [5, 5.41) is 0.942. The summed E-state index contributed by atoms with van der Waals surface area (Å²) in [5.74, 6) is 0.645. The molecule has 0 aliphatic rings. The SMILES string of the molecule is COc1ccc(C)c2cc(CC(C)=O)c(=O)n(C)c12. The van der Waals surface area contributed by atoms with E-state index in [1.165, 1.54) is 6.92 Å². The van der Waals surface area contributed by atoms with Gasteiger partial charge in [-0.25, -0.2) is 0 Å². The molecule has 1 aromatic heterocycles. The predicted molar refractivity (Wildman–Crippen MR) is 74.9 cm³/mol. The highest BCUT2D eigenvalue weighted by molar-refractivity contribution is 5.89. The fourth-order valence-corrected chi connectivity index (χ4v) is 2.33. The Labute approximate surface area is 111 Å². The molecule has 19 heavy (non-hydrogen) atoms. The maximum atomic E-state index is 12.3. The third-order valence-electron chi connectivity index (χ3n) is 3.29. The van der Waals surface area contributed by atoms with Crippen LogP contribution in [0, 0.1) is 6.92 Å². The molecule has 0 bridgehead atoms. The van der Waals surface area contributed by atoms with Crippen molar-refractivity contribution in [2.45, 2.75) is 20.3 Å². The molecule has 0 amide bonds. The second-order valence-electron chi connectivity index (χ2n) is 4.76. The van der Waals surface area contributed by atoms with E-state index in [-0.39, 0.29) is 17.8 Å². The molecular formula is C15H17NO3. The van der Waals surface area contributed by atoms with Crippen molar-refractivity contribution in [3.8, 4) is 5.75 Å². The summed E-state index contributed by atoms with van der Waals surface area (Å²) in [6.07, 6.45) is 0.166. The number of hydrogen-bond donors (Lipinski definition) is 0. The van der Waals surface area contributed by atoms with Gasteiger partial charge in [-0.15, -0.1) is 0 Å². The lowest BCUT2D eigenvalue weighted by Crippen LogP contribution is -2.23. The van der Waals surface area contributed by atoms with Gasteiger partial charge in [-0.1, -0.05) is 6.07 Å². The quantitative estimate of drug-likeness (QED) is 0.847. The van der Waals surface area contributed by atoms with Crippen molar-refractivity contribution in [2.75, 3.05) is 7.11 Å². The smallest absolute Gasteiger partial charge is 0.254 e. The van der Waals surface area contributed by atoms with Crippen molar-refractivity contribution in [1.29, 1.82) is 0 Å². The molecule has 0 radical (unpaired) electrons. The summed E-state index contributed by atoms with van der Waals surface area (Å²) in [5.41, 5.74) is 2.20. The Balaban J connectivity index is 2.87. The average molecular weight is 259 g/mol. The molecule has 0 N–H and O–H groups in total. The van der Waals surface area contributed by atoms with Gasteiger partial charge in [-0.2, -0.15) is 0 Å². The van der Waals surface area contributed by atoms with Crippen LogP contribution < -0.4 is 10.3 Å². The number of fused-ring (bicyclic) bond motifs is 1. The maximum absolute atomic E-state index is 12.3. The van der Waals surface area contributed by atoms with Crippen LogP contribution in [-0.4, -0.2) is 17.5 Å². The minimum atomic E-state index is -0.147. The molecule has 4 nitrogen and oxygen atoms in total. The Morgan fingerprint density at radius 3 is 2.63 bits per heavy atom. The van der Waals surface area contributed by atoms with E-state index < -0.39 is 0 Å². The summed E-state index contributed by atoms with van der Waals surface area (Å²) in [6.45, 7) is 3.46. The minimum absolute atomic E-state index is 0.0167. The normalized spacial score (nSPS) is 10.7. The van der Waals surface area contributed by atoms with Crippen molar-refractivity contribution in [1.82, 2.24) is 4.57 Å². The summed E-state index contributed by atoms with van der Waals surface area (Å²) in [7, 11) is 3.29. The number of aryl methyl sites for hydroxylation is 2. The lowest BCUT2D eigenvalue weighted by Gasteiger charge is -2.13. The van der Waals surface area contributed by atoms with E-state index in [0.29, 0.717) is 11.3 Å². The molecule has 0 unspecified atom stereocenters. The Bertz CT molecular complexity index is 713. The number of ketones is 1. The second-order valence-corrected chi connectivity index (χ2v) is 4.76. The van der Waals surface area contributed by atoms with Gasteiger partial charge in [-0.05, 0) is 31.5 Å². The second kappa shape index (κ2) is 4.88. The number of benzene rings is 1. The van der Waals surface area contributed by atoms with Crippen LogP contribution in [0.1, 0.15) is 18.1 Å². The van der Waals surface area contributed by atoms with Gasteiger partial charge in [0.25, 0.3) is 5.56 Å². The van der Waals surface area contributed by atoms with Crippen molar-refractivity contribution in [3.05, 3.63) is 39.7 Å². The molecule has 100 valence electrons. The summed E-state index contributed by atoms with van der Waals surface area (Å²) in [6, 6.07) is 5.60. The first-order valence-corrected chi connectivity index (χ1v) is 6.11. The molecule has 2 rings (SSSR count). The third-order valence-corrected chi connectivity index (χ3v) is 3.29. The number of aromatic nitrogens is 1. The van der Waals surface area contributed by atoms with Gasteiger partial charge in [-0.3, -0.25) is 9.59 Å². The highest BCUT2D eigenvalue weighted by Gasteiger charge is 2.13. The first-order chi connectivity index (χ1) is 8.95. The third kappa shape index (κ3) is 2.26. The van der Waals surface area contributed by atoms with Crippen molar-refractivity contribution >= 4 is 16.7 Å². The highest BCUT2D eigenvalue weighted by Crippen LogP contribution is 2.27. The van der Waals surface area contributed by atoms with Gasteiger partial charge in [0.2, 0.25) is 0 Å². The van der Waals surface area contributed by atoms with Gasteiger partial charge in [0, 0.05) is 24.4 Å². The molecule has 0 atom stereocenters. The maximum Gasteiger partial charge on any atom is 0.254 e. The number of Topliss-reactive ketones (excluding diaryl/α,β-unsaturated/α-hetero) is 1. The number of methoxy groups -OCH3 is 1. The zero-order valence-electron chi connectivity index (χ0n) is 11.6. The van der Waals surface area contributed by atoms with Crippen LogP contribution >= 0.6 is 0 Å². The molecule has 0 saturated carbocycles. The minimum Gasteiger partial charge on any atom is -0.495 e. The van der Waals surface area contributed by atoms with Gasteiger partial charge < -0.3 is 9.30 Å². The van der Waals surface area contributed by atoms with Gasteiger partial charge in [0.15, 0.2) is 0 Å². The Morgan fingerprint density at radius 2 is 2.05 bits per heavy atom. The lowest BCUT2D eigenvalue weighted by atomic mass is 10.0. The lowest BCUT2D eigenvalue weighted by molar-refractivity contribution is -0.116. The molecule has 4 heteroatoms. The fraction of sp³-hybridized carbons (Fsp3) is 0.333. The molecule has 0 spiro atoms. The van der Waals surface area contributed by atoms with Crippen molar-refractivity contribution < 1.29 is 9.53 Å². The molecule has 1 heterocycles. The number of pyridine rings is 1. The summed E-state index contributed by atoms with van der Waals surface area (Å²) in [4.78, 5) is 23.5. The Hall–Kier alpha value is -2.10. The number of nitrogens with zero attached hydrogens (tertiary/aromatic N) is 1. The Kier molecular flexibility index (Phi) is 3.42. The first kappa shape index (κ1) is 13.3. The van der Waals surface area contributed by atoms with E-state index in [4.69, 9.17) is 4.74 Å². The monoisotopic (exact) mass is 259 g/mol. The van der Waals surface area contributed by atoms with Crippen LogP contribution in [0.15, 0.2) is 23.0 Å². The van der Waals surface area contributed by atoms with Gasteiger partial charge >= 0.3 is 0 Å². The van der Waals surface area contributed by atoms with Crippen LogP contribution in [-0.2, 0) is 18.3 Å². The highest BCUT2D eigenvalue weighted by atomic mass is 16.5. The van der Waals surface area contributed by atoms with Crippen molar-refractivity contribution in [3.63, 3.8) is 0 Å². The summed E-state index contributed by atoms with van der Waals surface area (Å²) < 4.78 is 6.87. The van der Waals surface area contributed by atoms with Crippen LogP contribution in [0.2, 0.25) is 0 Å². The van der Waals surface area contributed by atoms with Crippen molar-refractivity contribution in [2.24, 2.45) is 7.05 Å². The molecule has 0 saturated heterocycles. The number of ether oxygens (including phenoxy) is 1. The van der Waals surface area contributed by atoms with E-state index in [2.05, 4.69) is 0 Å². The van der Waals surface area contributed by atoms with Gasteiger partial charge in [0.1, 0.15) is 11.5 Å². The van der Waals surface area contributed by atoms with Crippen LogP contribution in [0.3, 0.4) is 0 Å². The van der Waals surface area contributed by atoms with Crippen LogP contribution in [0.5, 0.6) is 5.75 Å². The van der Waals surface area contributed by atoms with Crippen LogP contribution in [0.4, 0.5) is 0 Å². The topological polar surface area (TPSA) is 48.3 Å². The van der Waals surface area contributed by atoms with Gasteiger partial charge in [0.05, 0.1) is 12.6 Å². The predicted octanol–water partition coefficient (Wildman–Crippen LogP) is 1.99. The van der Waals surface area contributed by atoms with E-state index in [1.807, 2.05) is 19.1 Å². The van der Waals surface area contributed by atoms with E-state index >= 15 is 0 Å². The van der Waals surface area contributed by atoms with E-state index in [1.54, 1.807) is 24.8 Å². The standard InChI is InChI=1S/C15H17NO3/c1-9-5-6-13(19-4)14-12(9)8-11(7-10(2)17)15(18)16(14)3/h5-6,8H,7H2,1-4H3. The molecule has 2 aromatic rings. The van der Waals surface area contributed by atoms with E-state index in [0.717, 1.165) is 16.5 Å². The molecule has 0 aliphatic carbocycles. The number of hydrogen-bond acceptors (Lipinski definition) is 3. The summed E-state index contributed by atoms with van der Waals surface area (Å²) >= 11 is 0. The molecule has 0 fully saturated rings. The molecule has 0 aliphatic heterocycles. The zero-order chi connectivity index (χ0) is 14.2. The van der Waals surface area contributed by atoms with E-state index in [9.17, 15) is 9.59 Å². The molecule has 1 aromatic carbocycles. The fourth-order valence-electron chi connectivity index (χ4n) is 2.33. The van der Waals surface area contributed by atoms with Crippen LogP contribution in [0.25, 0.3) is 10.9 Å². The Morgan fingerprint density at radius 1 is 1.37 bits per heavy atom. The molecular weight excluding hydrogens is 242 g/mol. The average Bonchev–Trinajstić information content (AvgIpc) is 2.36. The number of carbonyl (C=O) groups is 1.